The van der Waals surface area contributed by atoms with Gasteiger partial charge in [-0.05, 0) is 42.8 Å². The topological polar surface area (TPSA) is 66.0 Å². The Hall–Kier alpha value is -2.70. The number of hydrogen-bond acceptors (Lipinski definition) is 2. The third-order valence-corrected chi connectivity index (χ3v) is 5.91. The number of aromatic nitrogens is 2. The molecule has 0 saturated carbocycles. The van der Waals surface area contributed by atoms with E-state index in [1.54, 1.807) is 18.2 Å². The van der Waals surface area contributed by atoms with Crippen molar-refractivity contribution >= 4 is 37.8 Å². The lowest BCUT2D eigenvalue weighted by molar-refractivity contribution is 0.0697. The summed E-state index contributed by atoms with van der Waals surface area (Å²) in [6, 6.07) is 21.1. The first-order valence-corrected chi connectivity index (χ1v) is 10.5. The van der Waals surface area contributed by atoms with Crippen molar-refractivity contribution in [1.82, 2.24) is 9.97 Å². The molecule has 0 saturated heterocycles. The quantitative estimate of drug-likeness (QED) is 0.311. The van der Waals surface area contributed by atoms with E-state index in [2.05, 4.69) is 36.8 Å². The summed E-state index contributed by atoms with van der Waals surface area (Å²) < 4.78 is 1.96. The van der Waals surface area contributed by atoms with Crippen LogP contribution in [0.1, 0.15) is 15.9 Å². The second-order valence-electron chi connectivity index (χ2n) is 6.63. The van der Waals surface area contributed by atoms with Gasteiger partial charge in [0.25, 0.3) is 0 Å². The lowest BCUT2D eigenvalue weighted by Gasteiger charge is -2.06. The van der Waals surface area contributed by atoms with Gasteiger partial charge >= 0.3 is 5.97 Å². The van der Waals surface area contributed by atoms with Gasteiger partial charge in [0.05, 0.1) is 17.0 Å². The molecule has 0 aliphatic carbocycles. The van der Waals surface area contributed by atoms with Gasteiger partial charge in [0.1, 0.15) is 5.82 Å². The van der Waals surface area contributed by atoms with Crippen LogP contribution in [0.3, 0.4) is 0 Å². The molecule has 4 aromatic rings. The van der Waals surface area contributed by atoms with Crippen LogP contribution < -0.4 is 0 Å². The third kappa shape index (κ3) is 3.91. The van der Waals surface area contributed by atoms with Crippen LogP contribution in [-0.4, -0.2) is 21.0 Å². The van der Waals surface area contributed by atoms with E-state index < -0.39 is 5.97 Å². The molecule has 1 aromatic heterocycles. The first kappa shape index (κ1) is 19.6. The number of carbonyl (C=O) groups is 1. The molecule has 0 radical (unpaired) electrons. The summed E-state index contributed by atoms with van der Waals surface area (Å²) in [4.78, 5) is 19.6. The van der Waals surface area contributed by atoms with Gasteiger partial charge < -0.3 is 10.1 Å². The predicted molar refractivity (Wildman–Crippen MR) is 122 cm³/mol. The summed E-state index contributed by atoms with van der Waals surface area (Å²) in [5.74, 6) is -0.244. The molecule has 2 N–H and O–H groups in total. The maximum absolute atomic E-state index is 11.3. The fourth-order valence-electron chi connectivity index (χ4n) is 3.24. The fraction of sp³-hybridized carbons (Fsp3) is 0.0435. The smallest absolute Gasteiger partial charge is 0.335 e. The number of nitrogens with one attached hydrogen (secondary N) is 1. The van der Waals surface area contributed by atoms with E-state index in [1.165, 1.54) is 0 Å². The van der Waals surface area contributed by atoms with E-state index in [-0.39, 0.29) is 5.56 Å². The van der Waals surface area contributed by atoms with Crippen molar-refractivity contribution < 1.29 is 9.90 Å². The summed E-state index contributed by atoms with van der Waals surface area (Å²) in [7, 11) is 0. The van der Waals surface area contributed by atoms with E-state index in [1.807, 2.05) is 55.5 Å². The second kappa shape index (κ2) is 7.97. The van der Waals surface area contributed by atoms with Crippen LogP contribution in [0.4, 0.5) is 0 Å². The minimum Gasteiger partial charge on any atom is -0.478 e. The van der Waals surface area contributed by atoms with E-state index in [4.69, 9.17) is 4.98 Å². The molecule has 1 heterocycles. The molecule has 0 aliphatic heterocycles. The van der Waals surface area contributed by atoms with E-state index in [0.717, 1.165) is 42.6 Å². The summed E-state index contributed by atoms with van der Waals surface area (Å²) in [6.07, 6.45) is 0. The Morgan fingerprint density at radius 2 is 1.69 bits per heavy atom. The van der Waals surface area contributed by atoms with Crippen LogP contribution >= 0.6 is 31.9 Å². The fourth-order valence-corrected chi connectivity index (χ4v) is 3.99. The zero-order chi connectivity index (χ0) is 20.5. The van der Waals surface area contributed by atoms with Crippen LogP contribution in [-0.2, 0) is 0 Å². The molecule has 3 aromatic carbocycles. The van der Waals surface area contributed by atoms with Crippen LogP contribution in [0.2, 0.25) is 0 Å². The molecule has 4 nitrogen and oxygen atoms in total. The lowest BCUT2D eigenvalue weighted by atomic mass is 10.0. The van der Waals surface area contributed by atoms with Crippen LogP contribution in [0.5, 0.6) is 0 Å². The van der Waals surface area contributed by atoms with Gasteiger partial charge in [-0.1, -0.05) is 68.3 Å². The van der Waals surface area contributed by atoms with Gasteiger partial charge in [-0.15, -0.1) is 0 Å². The molecule has 0 aliphatic rings. The minimum atomic E-state index is -0.941. The maximum atomic E-state index is 11.3. The average molecular weight is 512 g/mol. The van der Waals surface area contributed by atoms with Crippen LogP contribution in [0.25, 0.3) is 33.9 Å². The predicted octanol–water partition coefficient (Wildman–Crippen LogP) is 6.94. The Morgan fingerprint density at radius 3 is 2.34 bits per heavy atom. The number of aromatic amines is 1. The van der Waals surface area contributed by atoms with Crippen molar-refractivity contribution in [2.45, 2.75) is 6.92 Å². The Labute approximate surface area is 184 Å². The monoisotopic (exact) mass is 510 g/mol. The highest BCUT2D eigenvalue weighted by atomic mass is 79.9. The first-order chi connectivity index (χ1) is 13.9. The summed E-state index contributed by atoms with van der Waals surface area (Å²) in [5.41, 5.74) is 5.70. The highest BCUT2D eigenvalue weighted by Crippen LogP contribution is 2.37. The second-order valence-corrected chi connectivity index (χ2v) is 8.40. The highest BCUT2D eigenvalue weighted by Gasteiger charge is 2.18. The molecule has 0 unspecified atom stereocenters. The van der Waals surface area contributed by atoms with E-state index >= 15 is 0 Å². The van der Waals surface area contributed by atoms with Gasteiger partial charge in [0, 0.05) is 25.6 Å². The van der Waals surface area contributed by atoms with Crippen molar-refractivity contribution in [3.8, 4) is 33.9 Å². The van der Waals surface area contributed by atoms with Crippen molar-refractivity contribution in [3.05, 3.63) is 86.8 Å². The Kier molecular flexibility index (Phi) is 5.39. The van der Waals surface area contributed by atoms with Crippen LogP contribution in [0, 0.1) is 6.92 Å². The van der Waals surface area contributed by atoms with E-state index in [0.29, 0.717) is 5.82 Å². The van der Waals surface area contributed by atoms with Gasteiger partial charge in [-0.2, -0.15) is 0 Å². The summed E-state index contributed by atoms with van der Waals surface area (Å²) in [5, 5.41) is 9.24. The normalized spacial score (nSPS) is 10.9. The number of carboxylic acids is 1. The number of halogens is 2. The molecule has 0 spiro atoms. The number of benzene rings is 3. The van der Waals surface area contributed by atoms with Crippen molar-refractivity contribution in [1.29, 1.82) is 0 Å². The van der Waals surface area contributed by atoms with Crippen molar-refractivity contribution in [3.63, 3.8) is 0 Å². The first-order valence-electron chi connectivity index (χ1n) is 8.89. The number of nitrogens with zero attached hydrogens (tertiary/aromatic N) is 1. The van der Waals surface area contributed by atoms with Gasteiger partial charge in [-0.25, -0.2) is 9.78 Å². The zero-order valence-electron chi connectivity index (χ0n) is 15.4. The summed E-state index contributed by atoms with van der Waals surface area (Å²) >= 11 is 7.12. The van der Waals surface area contributed by atoms with Gasteiger partial charge in [-0.3, -0.25) is 0 Å². The molecule has 144 valence electrons. The number of aromatic carboxylic acids is 1. The van der Waals surface area contributed by atoms with Gasteiger partial charge in [0.15, 0.2) is 0 Å². The number of H-pyrrole nitrogens is 1. The minimum absolute atomic E-state index is 0.261. The van der Waals surface area contributed by atoms with Crippen LogP contribution in [0.15, 0.2) is 75.7 Å². The molecule has 0 amide bonds. The number of imidazole rings is 1. The standard InChI is InChI=1S/C23H16Br2N2O2/c1-13-12-15(23(28)29)8-11-17(13)22-26-20(14-6-9-16(24)10-7-14)21(27-22)18-4-2-3-5-19(18)25/h2-12H,1H3,(H,26,27)(H,28,29). The molecule has 0 atom stereocenters. The van der Waals surface area contributed by atoms with E-state index in [9.17, 15) is 9.90 Å². The number of hydrogen-bond donors (Lipinski definition) is 2. The maximum Gasteiger partial charge on any atom is 0.335 e. The molecule has 4 rings (SSSR count). The Morgan fingerprint density at radius 1 is 0.966 bits per heavy atom. The summed E-state index contributed by atoms with van der Waals surface area (Å²) in [6.45, 7) is 1.89. The van der Waals surface area contributed by atoms with Gasteiger partial charge in [0.2, 0.25) is 0 Å². The average Bonchev–Trinajstić information content (AvgIpc) is 3.13. The third-order valence-electron chi connectivity index (χ3n) is 4.69. The van der Waals surface area contributed by atoms with Crippen molar-refractivity contribution in [2.24, 2.45) is 0 Å². The number of carboxylic acid groups (broad SMARTS) is 1. The van der Waals surface area contributed by atoms with Crippen molar-refractivity contribution in [2.75, 3.05) is 0 Å². The zero-order valence-corrected chi connectivity index (χ0v) is 18.6. The number of aryl methyl sites for hydroxylation is 1. The molecular formula is C23H16Br2N2O2. The lowest BCUT2D eigenvalue weighted by Crippen LogP contribution is -1.97. The Balaban J connectivity index is 1.92. The highest BCUT2D eigenvalue weighted by molar-refractivity contribution is 9.10. The SMILES string of the molecule is Cc1cc(C(=O)O)ccc1-c1nc(-c2ccc(Br)cc2)c(-c2ccccc2Br)[nH]1. The molecule has 29 heavy (non-hydrogen) atoms. The largest absolute Gasteiger partial charge is 0.478 e. The Bertz CT molecular complexity index is 1210. The molecule has 0 fully saturated rings. The number of rotatable bonds is 4. The molecule has 6 heteroatoms. The molecular weight excluding hydrogens is 496 g/mol. The molecule has 0 bridgehead atoms.